The van der Waals surface area contributed by atoms with Gasteiger partial charge in [-0.3, -0.25) is 23.5 Å². The lowest BCUT2D eigenvalue weighted by Crippen LogP contribution is -2.45. The number of ether oxygens (including phenoxy) is 2. The number of amides is 2. The summed E-state index contributed by atoms with van der Waals surface area (Å²) < 4.78 is 12.5. The van der Waals surface area contributed by atoms with Crippen LogP contribution in [0.4, 0.5) is 5.69 Å². The van der Waals surface area contributed by atoms with Crippen molar-refractivity contribution in [1.82, 2.24) is 14.5 Å². The Kier molecular flexibility index (Phi) is 8.67. The first-order chi connectivity index (χ1) is 18.8. The molecule has 0 saturated heterocycles. The number of rotatable bonds is 10. The van der Waals surface area contributed by atoms with E-state index in [1.807, 2.05) is 30.3 Å². The number of anilines is 1. The fourth-order valence-electron chi connectivity index (χ4n) is 4.14. The van der Waals surface area contributed by atoms with Gasteiger partial charge >= 0.3 is 5.69 Å². The molecule has 39 heavy (non-hydrogen) atoms. The Morgan fingerprint density at radius 2 is 1.51 bits per heavy atom. The van der Waals surface area contributed by atoms with E-state index in [0.29, 0.717) is 24.5 Å². The van der Waals surface area contributed by atoms with E-state index >= 15 is 0 Å². The van der Waals surface area contributed by atoms with E-state index < -0.39 is 36.2 Å². The van der Waals surface area contributed by atoms with E-state index in [2.05, 4.69) is 10.6 Å². The highest BCUT2D eigenvalue weighted by Gasteiger charge is 2.19. The maximum absolute atomic E-state index is 13.4. The molecule has 0 spiro atoms. The van der Waals surface area contributed by atoms with Crippen molar-refractivity contribution in [3.8, 4) is 11.5 Å². The molecule has 202 valence electrons. The summed E-state index contributed by atoms with van der Waals surface area (Å²) in [6.45, 7) is -0.573. The molecule has 0 saturated carbocycles. The molecule has 2 N–H and O–H groups in total. The zero-order valence-electron chi connectivity index (χ0n) is 21.4. The second-order valence-corrected chi connectivity index (χ2v) is 9.01. The van der Waals surface area contributed by atoms with Crippen molar-refractivity contribution in [2.75, 3.05) is 26.1 Å². The third-order valence-corrected chi connectivity index (χ3v) is 6.36. The van der Waals surface area contributed by atoms with E-state index in [0.717, 1.165) is 14.7 Å². The third kappa shape index (κ3) is 6.29. The first-order valence-corrected chi connectivity index (χ1v) is 12.4. The number of nitrogens with zero attached hydrogens (tertiary/aromatic N) is 2. The van der Waals surface area contributed by atoms with Gasteiger partial charge in [-0.1, -0.05) is 54.1 Å². The Balaban J connectivity index is 1.58. The van der Waals surface area contributed by atoms with Crippen LogP contribution in [0.3, 0.4) is 0 Å². The fourth-order valence-corrected chi connectivity index (χ4v) is 4.39. The second-order valence-electron chi connectivity index (χ2n) is 8.60. The van der Waals surface area contributed by atoms with E-state index in [-0.39, 0.29) is 21.6 Å². The molecule has 4 aromatic rings. The van der Waals surface area contributed by atoms with Crippen molar-refractivity contribution in [2.45, 2.75) is 19.5 Å². The molecule has 0 fully saturated rings. The highest BCUT2D eigenvalue weighted by Crippen LogP contribution is 2.35. The maximum Gasteiger partial charge on any atom is 0.332 e. The topological polar surface area (TPSA) is 121 Å². The van der Waals surface area contributed by atoms with Crippen molar-refractivity contribution < 1.29 is 19.1 Å². The number of halogens is 1. The van der Waals surface area contributed by atoms with Crippen LogP contribution >= 0.6 is 11.6 Å². The molecular weight excluding hydrogens is 524 g/mol. The van der Waals surface area contributed by atoms with Gasteiger partial charge in [0.25, 0.3) is 5.56 Å². The highest BCUT2D eigenvalue weighted by atomic mass is 35.5. The van der Waals surface area contributed by atoms with E-state index in [4.69, 9.17) is 21.1 Å². The van der Waals surface area contributed by atoms with Crippen LogP contribution in [0, 0.1) is 0 Å². The monoisotopic (exact) mass is 550 g/mol. The normalized spacial score (nSPS) is 10.7. The van der Waals surface area contributed by atoms with Crippen LogP contribution in [0.2, 0.25) is 5.02 Å². The van der Waals surface area contributed by atoms with Crippen LogP contribution in [-0.2, 0) is 29.1 Å². The number of fused-ring (bicyclic) bond motifs is 1. The minimum absolute atomic E-state index is 0.201. The van der Waals surface area contributed by atoms with Crippen molar-refractivity contribution in [3.05, 3.63) is 98.2 Å². The summed E-state index contributed by atoms with van der Waals surface area (Å²) in [5, 5.41) is 5.88. The van der Waals surface area contributed by atoms with Gasteiger partial charge in [-0.15, -0.1) is 0 Å². The number of nitrogens with one attached hydrogen (secondary N) is 2. The SMILES string of the molecule is COc1cc(OC)c(NC(=O)Cn2c(=O)n(CC(=O)NCCc3ccccc3)c(=O)c3ccccc32)cc1Cl. The van der Waals surface area contributed by atoms with Gasteiger partial charge in [-0.2, -0.15) is 0 Å². The number of carbonyl (C=O) groups excluding carboxylic acids is 2. The molecule has 0 unspecified atom stereocenters. The van der Waals surface area contributed by atoms with Gasteiger partial charge in [0.15, 0.2) is 0 Å². The molecular formula is C28H27ClN4O6. The van der Waals surface area contributed by atoms with Crippen molar-refractivity contribution in [1.29, 1.82) is 0 Å². The smallest absolute Gasteiger partial charge is 0.332 e. The summed E-state index contributed by atoms with van der Waals surface area (Å²) in [5.41, 5.74) is 0.185. The predicted molar refractivity (Wildman–Crippen MR) is 149 cm³/mol. The largest absolute Gasteiger partial charge is 0.495 e. The van der Waals surface area contributed by atoms with Crippen LogP contribution in [-0.4, -0.2) is 41.7 Å². The van der Waals surface area contributed by atoms with Gasteiger partial charge < -0.3 is 20.1 Å². The lowest BCUT2D eigenvalue weighted by Gasteiger charge is -2.16. The van der Waals surface area contributed by atoms with Gasteiger partial charge in [-0.25, -0.2) is 4.79 Å². The minimum atomic E-state index is -0.785. The molecule has 0 aliphatic rings. The van der Waals surface area contributed by atoms with Gasteiger partial charge in [-0.05, 0) is 30.2 Å². The van der Waals surface area contributed by atoms with Crippen LogP contribution in [0.5, 0.6) is 11.5 Å². The first kappa shape index (κ1) is 27.5. The zero-order chi connectivity index (χ0) is 27.9. The summed E-state index contributed by atoms with van der Waals surface area (Å²) in [7, 11) is 2.88. The number of methoxy groups -OCH3 is 2. The summed E-state index contributed by atoms with van der Waals surface area (Å²) in [5.74, 6) is -0.393. The lowest BCUT2D eigenvalue weighted by molar-refractivity contribution is -0.121. The van der Waals surface area contributed by atoms with Crippen LogP contribution < -0.4 is 31.4 Å². The maximum atomic E-state index is 13.4. The van der Waals surface area contributed by atoms with Gasteiger partial charge in [0.05, 0.1) is 35.8 Å². The van der Waals surface area contributed by atoms with Crippen molar-refractivity contribution in [3.63, 3.8) is 0 Å². The van der Waals surface area contributed by atoms with Gasteiger partial charge in [0, 0.05) is 12.6 Å². The number of para-hydroxylation sites is 1. The fraction of sp³-hybridized carbons (Fsp3) is 0.214. The molecule has 2 amide bonds. The number of carbonyl (C=O) groups is 2. The minimum Gasteiger partial charge on any atom is -0.495 e. The van der Waals surface area contributed by atoms with E-state index in [1.165, 1.54) is 26.4 Å². The summed E-state index contributed by atoms with van der Waals surface area (Å²) >= 11 is 6.20. The average Bonchev–Trinajstić information content (AvgIpc) is 2.94. The lowest BCUT2D eigenvalue weighted by atomic mass is 10.1. The standard InChI is InChI=1S/C28H27ClN4O6/c1-38-23-15-24(39-2)21(14-20(23)29)31-26(35)17-32-22-11-7-6-10-19(22)27(36)33(28(32)37)16-25(34)30-13-12-18-8-4-3-5-9-18/h3-11,14-15H,12-13,16-17H2,1-2H3,(H,30,34)(H,31,35). The molecule has 0 aliphatic heterocycles. The molecule has 0 bridgehead atoms. The summed E-state index contributed by atoms with van der Waals surface area (Å²) in [6.07, 6.45) is 0.600. The first-order valence-electron chi connectivity index (χ1n) is 12.1. The Morgan fingerprint density at radius 1 is 0.846 bits per heavy atom. The predicted octanol–water partition coefficient (Wildman–Crippen LogP) is 2.83. The van der Waals surface area contributed by atoms with E-state index in [1.54, 1.807) is 24.3 Å². The number of hydrogen-bond donors (Lipinski definition) is 2. The van der Waals surface area contributed by atoms with Crippen molar-refractivity contribution >= 4 is 40.0 Å². The molecule has 10 nitrogen and oxygen atoms in total. The summed E-state index contributed by atoms with van der Waals surface area (Å²) in [6, 6.07) is 19.0. The third-order valence-electron chi connectivity index (χ3n) is 6.06. The van der Waals surface area contributed by atoms with E-state index in [9.17, 15) is 19.2 Å². The molecule has 3 aromatic carbocycles. The Bertz CT molecular complexity index is 1630. The second kappa shape index (κ2) is 12.3. The molecule has 1 aromatic heterocycles. The van der Waals surface area contributed by atoms with Crippen molar-refractivity contribution in [2.24, 2.45) is 0 Å². The number of benzene rings is 3. The molecule has 4 rings (SSSR count). The summed E-state index contributed by atoms with van der Waals surface area (Å²) in [4.78, 5) is 52.2. The molecule has 0 radical (unpaired) electrons. The zero-order valence-corrected chi connectivity index (χ0v) is 22.2. The van der Waals surface area contributed by atoms with Gasteiger partial charge in [0.1, 0.15) is 24.6 Å². The molecule has 11 heteroatoms. The van der Waals surface area contributed by atoms with Crippen LogP contribution in [0.1, 0.15) is 5.56 Å². The molecule has 1 heterocycles. The van der Waals surface area contributed by atoms with Crippen LogP contribution in [0.25, 0.3) is 10.9 Å². The Morgan fingerprint density at radius 3 is 2.23 bits per heavy atom. The molecule has 0 atom stereocenters. The number of hydrogen-bond acceptors (Lipinski definition) is 6. The van der Waals surface area contributed by atoms with Gasteiger partial charge in [0.2, 0.25) is 11.8 Å². The molecule has 0 aliphatic carbocycles. The Hall–Kier alpha value is -4.57. The van der Waals surface area contributed by atoms with Crippen LogP contribution in [0.15, 0.2) is 76.3 Å². The Labute approximate surface area is 228 Å². The quantitative estimate of drug-likeness (QED) is 0.313. The number of aromatic nitrogens is 2. The highest BCUT2D eigenvalue weighted by molar-refractivity contribution is 6.32. The average molecular weight is 551 g/mol.